The number of carbonyl (C=O) groups excluding carboxylic acids is 4. The molecule has 0 spiro atoms. The second-order valence-corrected chi connectivity index (χ2v) is 14.9. The van der Waals surface area contributed by atoms with Gasteiger partial charge in [0.1, 0.15) is 5.60 Å². The van der Waals surface area contributed by atoms with Crippen molar-refractivity contribution in [1.82, 2.24) is 10.2 Å². The van der Waals surface area contributed by atoms with Crippen LogP contribution in [0.25, 0.3) is 0 Å². The van der Waals surface area contributed by atoms with Crippen LogP contribution in [0.15, 0.2) is 30.5 Å². The Morgan fingerprint density at radius 2 is 1.76 bits per heavy atom. The predicted molar refractivity (Wildman–Crippen MR) is 185 cm³/mol. The number of anilines is 2. The third kappa shape index (κ3) is 9.13. The predicted octanol–water partition coefficient (Wildman–Crippen LogP) is 5.04. The molecule has 2 aliphatic heterocycles. The quantitative estimate of drug-likeness (QED) is 0.240. The number of rotatable bonds is 12. The molecule has 270 valence electrons. The van der Waals surface area contributed by atoms with Crippen molar-refractivity contribution in [1.29, 1.82) is 0 Å². The van der Waals surface area contributed by atoms with E-state index in [1.54, 1.807) is 50.9 Å². The van der Waals surface area contributed by atoms with Crippen LogP contribution in [0.2, 0.25) is 0 Å². The van der Waals surface area contributed by atoms with E-state index in [0.717, 1.165) is 38.5 Å². The first kappa shape index (κ1) is 36.6. The van der Waals surface area contributed by atoms with Gasteiger partial charge in [-0.1, -0.05) is 25.8 Å². The van der Waals surface area contributed by atoms with E-state index in [1.165, 1.54) is 11.3 Å². The van der Waals surface area contributed by atoms with E-state index in [-0.39, 0.29) is 48.7 Å². The first-order valence-corrected chi connectivity index (χ1v) is 17.8. The van der Waals surface area contributed by atoms with Gasteiger partial charge in [0.15, 0.2) is 11.5 Å². The number of piperidine rings is 1. The summed E-state index contributed by atoms with van der Waals surface area (Å²) in [6.45, 7) is 10.8. The van der Waals surface area contributed by atoms with Gasteiger partial charge >= 0.3 is 6.09 Å². The molecule has 2 saturated carbocycles. The molecule has 2 heterocycles. The summed E-state index contributed by atoms with van der Waals surface area (Å²) in [6, 6.07) is 5.25. The zero-order valence-corrected chi connectivity index (χ0v) is 29.8. The van der Waals surface area contributed by atoms with Crippen molar-refractivity contribution in [2.45, 2.75) is 96.2 Å². The van der Waals surface area contributed by atoms with Crippen molar-refractivity contribution in [2.75, 3.05) is 56.9 Å². The topological polar surface area (TPSA) is 127 Å². The number of hydrogen-bond donors (Lipinski definition) is 1. The monoisotopic (exact) mass is 682 g/mol. The fraction of sp³-hybridized carbons (Fsp3) is 0.676. The number of benzene rings is 1. The van der Waals surface area contributed by atoms with E-state index in [2.05, 4.69) is 11.9 Å². The van der Waals surface area contributed by atoms with Crippen LogP contribution >= 0.6 is 0 Å². The molecule has 4 aliphatic rings. The van der Waals surface area contributed by atoms with Crippen molar-refractivity contribution in [3.8, 4) is 5.75 Å². The minimum absolute atomic E-state index is 0.0239. The highest BCUT2D eigenvalue weighted by molar-refractivity contribution is 6.08. The summed E-state index contributed by atoms with van der Waals surface area (Å²) in [5.74, 6) is -1.05. The van der Waals surface area contributed by atoms with Crippen LogP contribution in [0, 0.1) is 17.8 Å². The zero-order chi connectivity index (χ0) is 35.3. The Morgan fingerprint density at radius 3 is 2.41 bits per heavy atom. The lowest BCUT2D eigenvalue weighted by atomic mass is 9.83. The molecule has 0 radical (unpaired) electrons. The summed E-state index contributed by atoms with van der Waals surface area (Å²) in [7, 11) is 3.26. The Kier molecular flexibility index (Phi) is 11.9. The van der Waals surface area contributed by atoms with E-state index in [0.29, 0.717) is 55.6 Å². The van der Waals surface area contributed by atoms with Gasteiger partial charge in [-0.15, -0.1) is 0 Å². The first-order chi connectivity index (χ1) is 23.4. The van der Waals surface area contributed by atoms with Crippen molar-refractivity contribution in [3.05, 3.63) is 30.5 Å². The van der Waals surface area contributed by atoms with Gasteiger partial charge in [0.25, 0.3) is 5.91 Å². The lowest BCUT2D eigenvalue weighted by molar-refractivity contribution is -0.131. The van der Waals surface area contributed by atoms with Gasteiger partial charge in [0, 0.05) is 52.2 Å². The fourth-order valence-corrected chi connectivity index (χ4v) is 7.28. The van der Waals surface area contributed by atoms with Crippen molar-refractivity contribution >= 4 is 35.2 Å². The lowest BCUT2D eigenvalue weighted by Crippen LogP contribution is -2.55. The van der Waals surface area contributed by atoms with E-state index in [4.69, 9.17) is 18.9 Å². The average molecular weight is 683 g/mol. The van der Waals surface area contributed by atoms with Crippen molar-refractivity contribution < 1.29 is 38.1 Å². The standard InChI is InChI=1S/C37H54N4O8/c1-24-34(43)40(17-10-18-46-5)31-20-29(15-16-32(31)48-24)41(28-13-14-28)35(44)27-19-26(21-39(22-27)36(45)49-37(2,3)4)33(42)38-30(23-47-6)25-11-8-7-9-12-25/h15-16,20,25-28,30H,1,7-14,17-19,21-23H2,2-6H3,(H,38,42)/t26-,27+,30-/m0/s1. The van der Waals surface area contributed by atoms with E-state index in [1.807, 2.05) is 12.1 Å². The Bertz CT molecular complexity index is 1380. The summed E-state index contributed by atoms with van der Waals surface area (Å²) in [6.07, 6.45) is 7.57. The molecule has 0 bridgehead atoms. The molecular formula is C37H54N4O8. The minimum atomic E-state index is -0.737. The molecule has 0 aromatic heterocycles. The van der Waals surface area contributed by atoms with Crippen LogP contribution < -0.4 is 19.9 Å². The second-order valence-electron chi connectivity index (χ2n) is 14.9. The van der Waals surface area contributed by atoms with Gasteiger partial charge in [-0.25, -0.2) is 4.79 Å². The van der Waals surface area contributed by atoms with Crippen molar-refractivity contribution in [2.24, 2.45) is 17.8 Å². The maximum absolute atomic E-state index is 14.6. The largest absolute Gasteiger partial charge is 0.450 e. The van der Waals surface area contributed by atoms with E-state index < -0.39 is 23.5 Å². The highest BCUT2D eigenvalue weighted by Gasteiger charge is 2.44. The number of ether oxygens (including phenoxy) is 4. The number of amides is 4. The van der Waals surface area contributed by atoms with Crippen LogP contribution in [0.1, 0.15) is 78.6 Å². The Labute approximate surface area is 290 Å². The van der Waals surface area contributed by atoms with E-state index in [9.17, 15) is 19.2 Å². The third-order valence-corrected chi connectivity index (χ3v) is 9.82. The fourth-order valence-electron chi connectivity index (χ4n) is 7.28. The SMILES string of the molecule is C=C1Oc2ccc(N(C(=O)[C@@H]3C[C@H](C(=O)N[C@@H](COC)C4CCCCC4)CN(C(=O)OC(C)(C)C)C3)C3CC3)cc2N(CCCOC)C1=O. The van der Waals surface area contributed by atoms with Crippen LogP contribution in [-0.4, -0.2) is 93.5 Å². The molecule has 1 saturated heterocycles. The Balaban J connectivity index is 1.41. The van der Waals surface area contributed by atoms with E-state index >= 15 is 0 Å². The molecule has 12 heteroatoms. The number of nitrogens with one attached hydrogen (secondary N) is 1. The van der Waals surface area contributed by atoms with Gasteiger partial charge in [-0.05, 0) is 83.4 Å². The number of methoxy groups -OCH3 is 2. The number of likely N-dealkylation sites (tertiary alicyclic amines) is 1. The molecule has 2 aliphatic carbocycles. The van der Waals surface area contributed by atoms with Crippen LogP contribution in [0.3, 0.4) is 0 Å². The Morgan fingerprint density at radius 1 is 1.04 bits per heavy atom. The smallest absolute Gasteiger partial charge is 0.410 e. The van der Waals surface area contributed by atoms with Crippen LogP contribution in [-0.2, 0) is 28.6 Å². The molecule has 3 fully saturated rings. The molecular weight excluding hydrogens is 628 g/mol. The minimum Gasteiger partial charge on any atom is -0.450 e. The maximum atomic E-state index is 14.6. The first-order valence-electron chi connectivity index (χ1n) is 17.8. The summed E-state index contributed by atoms with van der Waals surface area (Å²) in [5, 5.41) is 3.25. The average Bonchev–Trinajstić information content (AvgIpc) is 3.91. The molecule has 0 unspecified atom stereocenters. The van der Waals surface area contributed by atoms with Gasteiger partial charge < -0.3 is 39.0 Å². The molecule has 1 aromatic carbocycles. The van der Waals surface area contributed by atoms with Crippen LogP contribution in [0.4, 0.5) is 16.2 Å². The van der Waals surface area contributed by atoms with Gasteiger partial charge in [-0.2, -0.15) is 0 Å². The number of hydrogen-bond acceptors (Lipinski definition) is 8. The molecule has 5 rings (SSSR count). The number of fused-ring (bicyclic) bond motifs is 1. The highest BCUT2D eigenvalue weighted by atomic mass is 16.6. The van der Waals surface area contributed by atoms with Gasteiger partial charge in [0.05, 0.1) is 30.2 Å². The number of carbonyl (C=O) groups is 4. The molecule has 3 atom stereocenters. The molecule has 49 heavy (non-hydrogen) atoms. The second kappa shape index (κ2) is 15.9. The molecule has 1 aromatic rings. The summed E-state index contributed by atoms with van der Waals surface area (Å²) in [5.41, 5.74) is 0.465. The summed E-state index contributed by atoms with van der Waals surface area (Å²) >= 11 is 0. The maximum Gasteiger partial charge on any atom is 0.410 e. The Hall–Kier alpha value is -3.64. The van der Waals surface area contributed by atoms with Crippen molar-refractivity contribution in [3.63, 3.8) is 0 Å². The lowest BCUT2D eigenvalue weighted by Gasteiger charge is -2.40. The van der Waals surface area contributed by atoms with Gasteiger partial charge in [-0.3, -0.25) is 14.4 Å². The highest BCUT2D eigenvalue weighted by Crippen LogP contribution is 2.42. The number of nitrogens with zero attached hydrogens (tertiary/aromatic N) is 3. The molecule has 4 amide bonds. The molecule has 1 N–H and O–H groups in total. The third-order valence-electron chi connectivity index (χ3n) is 9.82. The van der Waals surface area contributed by atoms with Crippen LogP contribution in [0.5, 0.6) is 5.75 Å². The van der Waals surface area contributed by atoms with Gasteiger partial charge in [0.2, 0.25) is 11.8 Å². The summed E-state index contributed by atoms with van der Waals surface area (Å²) in [4.78, 5) is 60.0. The zero-order valence-electron chi connectivity index (χ0n) is 29.8. The molecule has 12 nitrogen and oxygen atoms in total. The normalized spacial score (nSPS) is 22.2. The summed E-state index contributed by atoms with van der Waals surface area (Å²) < 4.78 is 22.2.